The Labute approximate surface area is 164 Å². The third-order valence-corrected chi connectivity index (χ3v) is 4.35. The van der Waals surface area contributed by atoms with Crippen molar-refractivity contribution in [2.75, 3.05) is 24.3 Å². The van der Waals surface area contributed by atoms with E-state index in [4.69, 9.17) is 16.3 Å². The van der Waals surface area contributed by atoms with E-state index in [2.05, 4.69) is 20.6 Å². The Hall–Kier alpha value is -2.79. The molecule has 2 aromatic carbocycles. The van der Waals surface area contributed by atoms with Gasteiger partial charge in [0.05, 0.1) is 7.11 Å². The fourth-order valence-electron chi connectivity index (χ4n) is 2.65. The first-order valence-electron chi connectivity index (χ1n) is 8.83. The lowest BCUT2D eigenvalue weighted by Gasteiger charge is -2.10. The van der Waals surface area contributed by atoms with Gasteiger partial charge < -0.3 is 15.4 Å². The van der Waals surface area contributed by atoms with Crippen molar-refractivity contribution in [1.29, 1.82) is 0 Å². The quantitative estimate of drug-likeness (QED) is 0.590. The van der Waals surface area contributed by atoms with Crippen LogP contribution in [-0.4, -0.2) is 23.6 Å². The predicted octanol–water partition coefficient (Wildman–Crippen LogP) is 4.71. The fourth-order valence-corrected chi connectivity index (χ4v) is 2.77. The molecule has 0 aliphatic rings. The van der Waals surface area contributed by atoms with Crippen LogP contribution < -0.4 is 15.4 Å². The van der Waals surface area contributed by atoms with E-state index >= 15 is 0 Å². The van der Waals surface area contributed by atoms with Crippen molar-refractivity contribution in [2.24, 2.45) is 0 Å². The maximum atomic E-state index is 5.92. The van der Waals surface area contributed by atoms with E-state index < -0.39 is 0 Å². The topological polar surface area (TPSA) is 59.1 Å². The molecule has 3 rings (SSSR count). The summed E-state index contributed by atoms with van der Waals surface area (Å²) >= 11 is 5.92. The molecule has 5 nitrogen and oxygen atoms in total. The maximum Gasteiger partial charge on any atom is 0.225 e. The highest BCUT2D eigenvalue weighted by molar-refractivity contribution is 6.30. The lowest BCUT2D eigenvalue weighted by molar-refractivity contribution is 0.414. The average molecular weight is 383 g/mol. The van der Waals surface area contributed by atoms with E-state index in [-0.39, 0.29) is 0 Å². The van der Waals surface area contributed by atoms with Crippen molar-refractivity contribution in [2.45, 2.75) is 19.9 Å². The van der Waals surface area contributed by atoms with Gasteiger partial charge in [0.15, 0.2) is 0 Å². The Kier molecular flexibility index (Phi) is 6.49. The van der Waals surface area contributed by atoms with Crippen LogP contribution >= 0.6 is 11.6 Å². The molecule has 0 bridgehead atoms. The number of benzene rings is 2. The smallest absolute Gasteiger partial charge is 0.225 e. The minimum absolute atomic E-state index is 0.611. The van der Waals surface area contributed by atoms with Gasteiger partial charge >= 0.3 is 0 Å². The monoisotopic (exact) mass is 382 g/mol. The summed E-state index contributed by atoms with van der Waals surface area (Å²) in [4.78, 5) is 9.01. The third-order valence-electron chi connectivity index (χ3n) is 4.10. The molecule has 0 fully saturated rings. The molecular formula is C21H23ClN4O. The number of nitrogens with one attached hydrogen (secondary N) is 2. The lowest BCUT2D eigenvalue weighted by atomic mass is 10.1. The average Bonchev–Trinajstić information content (AvgIpc) is 2.68. The number of rotatable bonds is 8. The number of hydrogen-bond acceptors (Lipinski definition) is 5. The number of ether oxygens (including phenoxy) is 1. The number of methoxy groups -OCH3 is 1. The molecule has 0 aliphatic carbocycles. The molecule has 3 aromatic rings. The Morgan fingerprint density at radius 2 is 1.63 bits per heavy atom. The van der Waals surface area contributed by atoms with E-state index in [1.54, 1.807) is 7.11 Å². The minimum Gasteiger partial charge on any atom is -0.497 e. The van der Waals surface area contributed by atoms with Crippen LogP contribution in [0.15, 0.2) is 54.6 Å². The first-order valence-corrected chi connectivity index (χ1v) is 9.21. The normalized spacial score (nSPS) is 10.5. The largest absolute Gasteiger partial charge is 0.497 e. The zero-order chi connectivity index (χ0) is 19.1. The van der Waals surface area contributed by atoms with E-state index in [1.807, 2.05) is 61.5 Å². The first-order chi connectivity index (χ1) is 13.1. The summed E-state index contributed by atoms with van der Waals surface area (Å²) in [5, 5.41) is 7.39. The summed E-state index contributed by atoms with van der Waals surface area (Å²) in [6, 6.07) is 17.8. The van der Waals surface area contributed by atoms with Crippen LogP contribution in [0.1, 0.15) is 16.8 Å². The number of nitrogens with zero attached hydrogens (tertiary/aromatic N) is 2. The van der Waals surface area contributed by atoms with Gasteiger partial charge in [0, 0.05) is 29.9 Å². The van der Waals surface area contributed by atoms with Crippen LogP contribution in [-0.2, 0) is 13.0 Å². The number of hydrogen-bond donors (Lipinski definition) is 2. The van der Waals surface area contributed by atoms with Crippen molar-refractivity contribution in [3.05, 3.63) is 76.4 Å². The summed E-state index contributed by atoms with van der Waals surface area (Å²) in [6.45, 7) is 3.40. The Bertz CT molecular complexity index is 866. The molecule has 2 N–H and O–H groups in total. The van der Waals surface area contributed by atoms with Crippen molar-refractivity contribution in [1.82, 2.24) is 9.97 Å². The number of halogens is 1. The van der Waals surface area contributed by atoms with E-state index in [9.17, 15) is 0 Å². The fraction of sp³-hybridized carbons (Fsp3) is 0.238. The number of aromatic nitrogens is 2. The molecule has 0 amide bonds. The molecule has 0 saturated carbocycles. The van der Waals surface area contributed by atoms with Crippen molar-refractivity contribution in [3.8, 4) is 5.75 Å². The van der Waals surface area contributed by atoms with E-state index in [0.717, 1.165) is 40.8 Å². The van der Waals surface area contributed by atoms with Crippen LogP contribution in [0, 0.1) is 6.92 Å². The summed E-state index contributed by atoms with van der Waals surface area (Å²) in [6.07, 6.45) is 0.898. The first kappa shape index (κ1) is 19.0. The van der Waals surface area contributed by atoms with Gasteiger partial charge in [-0.3, -0.25) is 0 Å². The second-order valence-corrected chi connectivity index (χ2v) is 6.66. The highest BCUT2D eigenvalue weighted by atomic mass is 35.5. The minimum atomic E-state index is 0.611. The lowest BCUT2D eigenvalue weighted by Crippen LogP contribution is -2.10. The molecule has 0 aliphatic heterocycles. The second-order valence-electron chi connectivity index (χ2n) is 6.22. The molecule has 6 heteroatoms. The molecule has 0 radical (unpaired) electrons. The molecule has 0 saturated heterocycles. The summed E-state index contributed by atoms with van der Waals surface area (Å²) in [7, 11) is 1.66. The molecule has 27 heavy (non-hydrogen) atoms. The van der Waals surface area contributed by atoms with Crippen molar-refractivity contribution < 1.29 is 4.74 Å². The van der Waals surface area contributed by atoms with Crippen LogP contribution in [0.3, 0.4) is 0 Å². The maximum absolute atomic E-state index is 5.92. The molecule has 0 atom stereocenters. The molecule has 0 unspecified atom stereocenters. The van der Waals surface area contributed by atoms with Gasteiger partial charge in [0.1, 0.15) is 11.6 Å². The standard InChI is InChI=1S/C21H23ClN4O/c1-15-13-20(23-12-11-16-3-7-18(22)8-4-16)26-21(25-15)24-14-17-5-9-19(27-2)10-6-17/h3-10,13H,11-12,14H2,1-2H3,(H2,23,24,25,26). The zero-order valence-corrected chi connectivity index (χ0v) is 16.3. The van der Waals surface area contributed by atoms with E-state index in [1.165, 1.54) is 5.56 Å². The number of anilines is 2. The Balaban J connectivity index is 1.55. The third kappa shape index (κ3) is 5.86. The predicted molar refractivity (Wildman–Crippen MR) is 111 cm³/mol. The van der Waals surface area contributed by atoms with Crippen molar-refractivity contribution >= 4 is 23.4 Å². The van der Waals surface area contributed by atoms with Crippen molar-refractivity contribution in [3.63, 3.8) is 0 Å². The van der Waals surface area contributed by atoms with Crippen LogP contribution in [0.2, 0.25) is 5.02 Å². The van der Waals surface area contributed by atoms with Gasteiger partial charge in [-0.1, -0.05) is 35.9 Å². The Morgan fingerprint density at radius 1 is 0.926 bits per heavy atom. The van der Waals surface area contributed by atoms with Gasteiger partial charge in [-0.25, -0.2) is 4.98 Å². The molecule has 1 heterocycles. The molecular weight excluding hydrogens is 360 g/mol. The molecule has 0 spiro atoms. The van der Waals surface area contributed by atoms with Crippen LogP contribution in [0.4, 0.5) is 11.8 Å². The van der Waals surface area contributed by atoms with Gasteiger partial charge in [0.25, 0.3) is 0 Å². The summed E-state index contributed by atoms with van der Waals surface area (Å²) in [5.41, 5.74) is 3.28. The van der Waals surface area contributed by atoms with Crippen LogP contribution in [0.25, 0.3) is 0 Å². The van der Waals surface area contributed by atoms with Gasteiger partial charge in [-0.05, 0) is 48.7 Å². The Morgan fingerprint density at radius 3 is 2.33 bits per heavy atom. The molecule has 140 valence electrons. The van der Waals surface area contributed by atoms with Gasteiger partial charge in [-0.2, -0.15) is 4.98 Å². The zero-order valence-electron chi connectivity index (χ0n) is 15.5. The summed E-state index contributed by atoms with van der Waals surface area (Å²) in [5.74, 6) is 2.27. The molecule has 1 aromatic heterocycles. The second kappa shape index (κ2) is 9.24. The highest BCUT2D eigenvalue weighted by Crippen LogP contribution is 2.14. The van der Waals surface area contributed by atoms with E-state index in [0.29, 0.717) is 12.5 Å². The van der Waals surface area contributed by atoms with Crippen LogP contribution in [0.5, 0.6) is 5.75 Å². The number of aryl methyl sites for hydroxylation is 1. The summed E-state index contributed by atoms with van der Waals surface area (Å²) < 4.78 is 5.18. The van der Waals surface area contributed by atoms with Gasteiger partial charge in [-0.15, -0.1) is 0 Å². The highest BCUT2D eigenvalue weighted by Gasteiger charge is 2.03. The van der Waals surface area contributed by atoms with Gasteiger partial charge in [0.2, 0.25) is 5.95 Å². The SMILES string of the molecule is COc1ccc(CNc2nc(C)cc(NCCc3ccc(Cl)cc3)n2)cc1.